The van der Waals surface area contributed by atoms with Gasteiger partial charge in [-0.15, -0.1) is 0 Å². The van der Waals surface area contributed by atoms with Gasteiger partial charge in [0.2, 0.25) is 0 Å². The van der Waals surface area contributed by atoms with Gasteiger partial charge in [0, 0.05) is 19.7 Å². The second-order valence-electron chi connectivity index (χ2n) is 3.57. The largest absolute Gasteiger partial charge is 0.380 e. The van der Waals surface area contributed by atoms with Crippen molar-refractivity contribution in [2.24, 2.45) is 0 Å². The summed E-state index contributed by atoms with van der Waals surface area (Å²) in [6.45, 7) is 2.52. The van der Waals surface area contributed by atoms with E-state index in [4.69, 9.17) is 4.74 Å². The van der Waals surface area contributed by atoms with E-state index in [2.05, 4.69) is 4.90 Å². The molecule has 1 fully saturated rings. The standard InChI is InChI=1S/C10H17NO2/c1-8(12)4-5-9-6-10(13-3)7-11(9)2/h4-5,9-10H,6-7H2,1-3H3/b5-4+/t9-,10+/m0/s1. The van der Waals surface area contributed by atoms with Crippen LogP contribution < -0.4 is 0 Å². The third-order valence-corrected chi connectivity index (χ3v) is 2.45. The van der Waals surface area contributed by atoms with Crippen molar-refractivity contribution in [2.75, 3.05) is 20.7 Å². The van der Waals surface area contributed by atoms with Crippen molar-refractivity contribution >= 4 is 5.78 Å². The lowest BCUT2D eigenvalue weighted by Gasteiger charge is -2.13. The molecule has 2 atom stereocenters. The van der Waals surface area contributed by atoms with E-state index >= 15 is 0 Å². The molecular formula is C10H17NO2. The molecule has 3 nitrogen and oxygen atoms in total. The maximum absolute atomic E-state index is 10.7. The van der Waals surface area contributed by atoms with Crippen molar-refractivity contribution in [3.8, 4) is 0 Å². The highest BCUT2D eigenvalue weighted by molar-refractivity contribution is 5.87. The molecule has 0 spiro atoms. The number of hydrogen-bond acceptors (Lipinski definition) is 3. The molecule has 0 N–H and O–H groups in total. The Morgan fingerprint density at radius 2 is 2.31 bits per heavy atom. The van der Waals surface area contributed by atoms with E-state index in [0.717, 1.165) is 13.0 Å². The molecule has 74 valence electrons. The Bertz CT molecular complexity index is 213. The molecule has 13 heavy (non-hydrogen) atoms. The number of allylic oxidation sites excluding steroid dienone is 1. The fourth-order valence-corrected chi connectivity index (χ4v) is 1.62. The van der Waals surface area contributed by atoms with Gasteiger partial charge in [-0.2, -0.15) is 0 Å². The van der Waals surface area contributed by atoms with E-state index in [0.29, 0.717) is 12.1 Å². The minimum atomic E-state index is 0.106. The summed E-state index contributed by atoms with van der Waals surface area (Å²) in [5.74, 6) is 0.106. The van der Waals surface area contributed by atoms with E-state index < -0.39 is 0 Å². The maximum atomic E-state index is 10.7. The summed E-state index contributed by atoms with van der Waals surface area (Å²) in [6, 6.07) is 0.355. The summed E-state index contributed by atoms with van der Waals surface area (Å²) >= 11 is 0. The first-order chi connectivity index (χ1) is 6.13. The van der Waals surface area contributed by atoms with E-state index in [-0.39, 0.29) is 5.78 Å². The molecule has 0 unspecified atom stereocenters. The van der Waals surface area contributed by atoms with Crippen LogP contribution in [-0.2, 0) is 9.53 Å². The van der Waals surface area contributed by atoms with Crippen LogP contribution in [0.4, 0.5) is 0 Å². The van der Waals surface area contributed by atoms with Gasteiger partial charge >= 0.3 is 0 Å². The fourth-order valence-electron chi connectivity index (χ4n) is 1.62. The average Bonchev–Trinajstić information content (AvgIpc) is 2.43. The van der Waals surface area contributed by atoms with E-state index in [1.165, 1.54) is 0 Å². The van der Waals surface area contributed by atoms with Crippen molar-refractivity contribution in [1.82, 2.24) is 4.90 Å². The SMILES string of the molecule is CO[C@@H]1C[C@H](/C=C/C(C)=O)N(C)C1. The molecule has 0 bridgehead atoms. The van der Waals surface area contributed by atoms with Crippen LogP contribution >= 0.6 is 0 Å². The summed E-state index contributed by atoms with van der Waals surface area (Å²) < 4.78 is 5.26. The summed E-state index contributed by atoms with van der Waals surface area (Å²) in [5, 5.41) is 0. The molecule has 0 amide bonds. The first-order valence-electron chi connectivity index (χ1n) is 4.55. The van der Waals surface area contributed by atoms with Crippen molar-refractivity contribution in [3.63, 3.8) is 0 Å². The molecule has 0 radical (unpaired) electrons. The van der Waals surface area contributed by atoms with Crippen LogP contribution in [0.15, 0.2) is 12.2 Å². The van der Waals surface area contributed by atoms with Gasteiger partial charge in [0.05, 0.1) is 6.10 Å². The Labute approximate surface area is 79.4 Å². The highest BCUT2D eigenvalue weighted by Gasteiger charge is 2.27. The van der Waals surface area contributed by atoms with Crippen molar-refractivity contribution < 1.29 is 9.53 Å². The van der Waals surface area contributed by atoms with Gasteiger partial charge in [0.25, 0.3) is 0 Å². The number of rotatable bonds is 3. The predicted octanol–water partition coefficient (Wildman–Crippen LogP) is 0.851. The zero-order valence-electron chi connectivity index (χ0n) is 8.49. The lowest BCUT2D eigenvalue weighted by atomic mass is 10.2. The summed E-state index contributed by atoms with van der Waals surface area (Å²) in [6.07, 6.45) is 4.89. The number of carbonyl (C=O) groups is 1. The summed E-state index contributed by atoms with van der Waals surface area (Å²) in [7, 11) is 3.78. The number of likely N-dealkylation sites (N-methyl/N-ethyl adjacent to an activating group) is 1. The van der Waals surface area contributed by atoms with Gasteiger partial charge in [0.1, 0.15) is 0 Å². The molecule has 3 heteroatoms. The van der Waals surface area contributed by atoms with Crippen LogP contribution in [0.3, 0.4) is 0 Å². The second kappa shape index (κ2) is 4.53. The van der Waals surface area contributed by atoms with E-state index in [1.54, 1.807) is 20.1 Å². The normalized spacial score (nSPS) is 30.1. The van der Waals surface area contributed by atoms with E-state index in [1.807, 2.05) is 13.1 Å². The van der Waals surface area contributed by atoms with Gasteiger partial charge in [-0.05, 0) is 26.5 Å². The van der Waals surface area contributed by atoms with Gasteiger partial charge in [-0.25, -0.2) is 0 Å². The molecule has 1 saturated heterocycles. The minimum absolute atomic E-state index is 0.106. The van der Waals surface area contributed by atoms with E-state index in [9.17, 15) is 4.79 Å². The lowest BCUT2D eigenvalue weighted by Crippen LogP contribution is -2.23. The zero-order valence-corrected chi connectivity index (χ0v) is 8.49. The highest BCUT2D eigenvalue weighted by Crippen LogP contribution is 2.18. The smallest absolute Gasteiger partial charge is 0.152 e. The Morgan fingerprint density at radius 3 is 2.77 bits per heavy atom. The summed E-state index contributed by atoms with van der Waals surface area (Å²) in [5.41, 5.74) is 0. The van der Waals surface area contributed by atoms with Crippen LogP contribution in [0.25, 0.3) is 0 Å². The van der Waals surface area contributed by atoms with Crippen molar-refractivity contribution in [2.45, 2.75) is 25.5 Å². The Balaban J connectivity index is 2.47. The number of hydrogen-bond donors (Lipinski definition) is 0. The Morgan fingerprint density at radius 1 is 1.62 bits per heavy atom. The summed E-state index contributed by atoms with van der Waals surface area (Å²) in [4.78, 5) is 12.9. The van der Waals surface area contributed by atoms with Gasteiger partial charge in [-0.3, -0.25) is 9.69 Å². The fraction of sp³-hybridized carbons (Fsp3) is 0.700. The average molecular weight is 183 g/mol. The Kier molecular flexibility index (Phi) is 3.63. The molecule has 0 saturated carbocycles. The highest BCUT2D eigenvalue weighted by atomic mass is 16.5. The number of ketones is 1. The van der Waals surface area contributed by atoms with Crippen LogP contribution in [0, 0.1) is 0 Å². The predicted molar refractivity (Wildman–Crippen MR) is 51.7 cm³/mol. The second-order valence-corrected chi connectivity index (χ2v) is 3.57. The molecule has 0 aromatic carbocycles. The number of ether oxygens (including phenoxy) is 1. The third kappa shape index (κ3) is 2.94. The molecule has 1 aliphatic heterocycles. The molecule has 0 aromatic rings. The number of carbonyl (C=O) groups excluding carboxylic acids is 1. The number of likely N-dealkylation sites (tertiary alicyclic amines) is 1. The maximum Gasteiger partial charge on any atom is 0.152 e. The van der Waals surface area contributed by atoms with Crippen LogP contribution in [-0.4, -0.2) is 43.5 Å². The topological polar surface area (TPSA) is 29.5 Å². The number of nitrogens with zero attached hydrogens (tertiary/aromatic N) is 1. The van der Waals surface area contributed by atoms with Crippen LogP contribution in [0.1, 0.15) is 13.3 Å². The molecule has 0 aliphatic carbocycles. The van der Waals surface area contributed by atoms with Gasteiger partial charge in [-0.1, -0.05) is 6.08 Å². The molecule has 1 heterocycles. The minimum Gasteiger partial charge on any atom is -0.380 e. The molecule has 1 rings (SSSR count). The zero-order chi connectivity index (χ0) is 9.84. The first-order valence-corrected chi connectivity index (χ1v) is 4.55. The molecular weight excluding hydrogens is 166 g/mol. The van der Waals surface area contributed by atoms with Crippen molar-refractivity contribution in [1.29, 1.82) is 0 Å². The molecule has 1 aliphatic rings. The van der Waals surface area contributed by atoms with Crippen molar-refractivity contribution in [3.05, 3.63) is 12.2 Å². The Hall–Kier alpha value is -0.670. The quantitative estimate of drug-likeness (QED) is 0.607. The monoisotopic (exact) mass is 183 g/mol. The lowest BCUT2D eigenvalue weighted by molar-refractivity contribution is -0.112. The number of methoxy groups -OCH3 is 1. The first kappa shape index (κ1) is 10.4. The third-order valence-electron chi connectivity index (χ3n) is 2.45. The van der Waals surface area contributed by atoms with Crippen LogP contribution in [0.5, 0.6) is 0 Å². The van der Waals surface area contributed by atoms with Gasteiger partial charge in [0.15, 0.2) is 5.78 Å². The molecule has 0 aromatic heterocycles. The van der Waals surface area contributed by atoms with Crippen LogP contribution in [0.2, 0.25) is 0 Å². The van der Waals surface area contributed by atoms with Gasteiger partial charge < -0.3 is 4.74 Å².